The first-order valence-electron chi connectivity index (χ1n) is 7.13. The molecule has 0 bridgehead atoms. The van der Waals surface area contributed by atoms with Gasteiger partial charge < -0.3 is 15.3 Å². The first-order chi connectivity index (χ1) is 9.61. The smallest absolute Gasteiger partial charge is 0.163 e. The number of hydrogen-bond acceptors (Lipinski definition) is 3. The van der Waals surface area contributed by atoms with Crippen molar-refractivity contribution in [1.29, 1.82) is 0 Å². The van der Waals surface area contributed by atoms with Gasteiger partial charge in [0, 0.05) is 24.7 Å². The molecule has 1 aromatic carbocycles. The number of β-amino-alcohol motifs (C(OH)–C–C–N with tert-alkyl or cyclic N) is 1. The Labute approximate surface area is 118 Å². The second-order valence-corrected chi connectivity index (χ2v) is 5.37. The van der Waals surface area contributed by atoms with E-state index < -0.39 is 11.6 Å². The maximum atomic E-state index is 13.8. The third-order valence-electron chi connectivity index (χ3n) is 3.92. The van der Waals surface area contributed by atoms with Crippen LogP contribution in [0, 0.1) is 11.6 Å². The monoisotopic (exact) mass is 284 g/mol. The van der Waals surface area contributed by atoms with Gasteiger partial charge in [-0.2, -0.15) is 0 Å². The number of halogens is 2. The highest BCUT2D eigenvalue weighted by atomic mass is 19.2. The lowest BCUT2D eigenvalue weighted by Gasteiger charge is -2.31. The van der Waals surface area contributed by atoms with Gasteiger partial charge in [-0.25, -0.2) is 8.78 Å². The Kier molecular flexibility index (Phi) is 5.46. The summed E-state index contributed by atoms with van der Waals surface area (Å²) in [6.07, 6.45) is 2.26. The van der Waals surface area contributed by atoms with E-state index in [0.29, 0.717) is 18.5 Å². The van der Waals surface area contributed by atoms with Gasteiger partial charge in [-0.3, -0.25) is 0 Å². The predicted octanol–water partition coefficient (Wildman–Crippen LogP) is 2.07. The highest BCUT2D eigenvalue weighted by molar-refractivity contribution is 5.22. The normalized spacial score (nSPS) is 21.9. The summed E-state index contributed by atoms with van der Waals surface area (Å²) in [4.78, 5) is 2.18. The van der Waals surface area contributed by atoms with Crippen molar-refractivity contribution < 1.29 is 13.9 Å². The van der Waals surface area contributed by atoms with Crippen molar-refractivity contribution in [2.75, 3.05) is 26.7 Å². The third-order valence-corrected chi connectivity index (χ3v) is 3.92. The van der Waals surface area contributed by atoms with Crippen LogP contribution in [0.4, 0.5) is 8.78 Å². The van der Waals surface area contributed by atoms with Gasteiger partial charge >= 0.3 is 0 Å². The Hall–Kier alpha value is -1.04. The number of benzene rings is 1. The number of hydrogen-bond donors (Lipinski definition) is 2. The highest BCUT2D eigenvalue weighted by Gasteiger charge is 2.21. The summed E-state index contributed by atoms with van der Waals surface area (Å²) in [5.41, 5.74) is 0.366. The Morgan fingerprint density at radius 3 is 2.95 bits per heavy atom. The summed E-state index contributed by atoms with van der Waals surface area (Å²) in [6.45, 7) is 2.39. The molecule has 20 heavy (non-hydrogen) atoms. The van der Waals surface area contributed by atoms with Crippen LogP contribution in [-0.2, 0) is 0 Å². The summed E-state index contributed by atoms with van der Waals surface area (Å²) < 4.78 is 27.1. The largest absolute Gasteiger partial charge is 0.392 e. The molecule has 0 saturated carbocycles. The van der Waals surface area contributed by atoms with Gasteiger partial charge in [0.05, 0.1) is 6.10 Å². The van der Waals surface area contributed by atoms with E-state index in [1.807, 2.05) is 0 Å². The molecule has 1 fully saturated rings. The predicted molar refractivity (Wildman–Crippen MR) is 74.5 cm³/mol. The Balaban J connectivity index is 1.97. The van der Waals surface area contributed by atoms with Crippen molar-refractivity contribution in [3.8, 4) is 0 Å². The zero-order valence-electron chi connectivity index (χ0n) is 11.8. The second-order valence-electron chi connectivity index (χ2n) is 5.37. The maximum absolute atomic E-state index is 13.8. The van der Waals surface area contributed by atoms with Gasteiger partial charge in [0.25, 0.3) is 0 Å². The van der Waals surface area contributed by atoms with Crippen molar-refractivity contribution in [3.05, 3.63) is 35.4 Å². The van der Waals surface area contributed by atoms with Gasteiger partial charge in [0.15, 0.2) is 11.6 Å². The minimum absolute atomic E-state index is 0.218. The molecule has 0 amide bonds. The van der Waals surface area contributed by atoms with Gasteiger partial charge in [-0.1, -0.05) is 12.1 Å². The van der Waals surface area contributed by atoms with Crippen LogP contribution < -0.4 is 5.32 Å². The van der Waals surface area contributed by atoms with E-state index in [4.69, 9.17) is 0 Å². The molecule has 2 unspecified atom stereocenters. The number of nitrogens with one attached hydrogen (secondary N) is 1. The van der Waals surface area contributed by atoms with Gasteiger partial charge in [-0.05, 0) is 38.9 Å². The molecule has 1 aliphatic heterocycles. The summed E-state index contributed by atoms with van der Waals surface area (Å²) in [6, 6.07) is 4.06. The molecule has 0 aliphatic carbocycles. The molecule has 1 saturated heterocycles. The van der Waals surface area contributed by atoms with Crippen LogP contribution in [0.25, 0.3) is 0 Å². The average molecular weight is 284 g/mol. The highest BCUT2D eigenvalue weighted by Crippen LogP contribution is 2.22. The van der Waals surface area contributed by atoms with Crippen LogP contribution in [-0.4, -0.2) is 42.8 Å². The van der Waals surface area contributed by atoms with Crippen molar-refractivity contribution in [2.45, 2.75) is 31.4 Å². The van der Waals surface area contributed by atoms with Crippen LogP contribution in [0.15, 0.2) is 18.2 Å². The van der Waals surface area contributed by atoms with Crippen molar-refractivity contribution in [2.24, 2.45) is 0 Å². The van der Waals surface area contributed by atoms with Gasteiger partial charge in [0.2, 0.25) is 0 Å². The topological polar surface area (TPSA) is 35.5 Å². The molecule has 1 aliphatic rings. The summed E-state index contributed by atoms with van der Waals surface area (Å²) in [5, 5.41) is 12.7. The minimum Gasteiger partial charge on any atom is -0.392 e. The van der Waals surface area contributed by atoms with E-state index in [0.717, 1.165) is 32.0 Å². The van der Waals surface area contributed by atoms with Crippen LogP contribution in [0.5, 0.6) is 0 Å². The molecule has 2 rings (SSSR count). The van der Waals surface area contributed by atoms with E-state index in [2.05, 4.69) is 10.2 Å². The molecule has 0 spiro atoms. The van der Waals surface area contributed by atoms with Crippen molar-refractivity contribution >= 4 is 0 Å². The second kappa shape index (κ2) is 7.11. The number of likely N-dealkylation sites (tertiary alicyclic amines) is 1. The number of rotatable bonds is 5. The summed E-state index contributed by atoms with van der Waals surface area (Å²) in [5.74, 6) is -1.58. The number of aliphatic hydroxyl groups excluding tert-OH is 1. The third kappa shape index (κ3) is 3.75. The molecule has 2 atom stereocenters. The number of aliphatic hydroxyl groups is 1. The fraction of sp³-hybridized carbons (Fsp3) is 0.600. The molecule has 3 nitrogen and oxygen atoms in total. The molecule has 112 valence electrons. The van der Waals surface area contributed by atoms with Crippen LogP contribution in [0.1, 0.15) is 30.9 Å². The molecule has 0 aromatic heterocycles. The first kappa shape index (κ1) is 15.4. The van der Waals surface area contributed by atoms with Gasteiger partial charge in [0.1, 0.15) is 0 Å². The zero-order valence-corrected chi connectivity index (χ0v) is 11.8. The standard InChI is InChI=1S/C15H22F2N2O/c1-18-14(12-5-2-6-13(16)15(12)17)7-9-19-8-3-4-11(20)10-19/h2,5-6,11,14,18,20H,3-4,7-10H2,1H3. The van der Waals surface area contributed by atoms with Crippen molar-refractivity contribution in [3.63, 3.8) is 0 Å². The van der Waals surface area contributed by atoms with E-state index in [9.17, 15) is 13.9 Å². The lowest BCUT2D eigenvalue weighted by molar-refractivity contribution is 0.0686. The molecule has 5 heteroatoms. The Bertz CT molecular complexity index is 442. The Morgan fingerprint density at radius 2 is 2.25 bits per heavy atom. The molecular weight excluding hydrogens is 262 g/mol. The van der Waals surface area contributed by atoms with Gasteiger partial charge in [-0.15, -0.1) is 0 Å². The Morgan fingerprint density at radius 1 is 1.45 bits per heavy atom. The lowest BCUT2D eigenvalue weighted by Crippen LogP contribution is -2.39. The lowest BCUT2D eigenvalue weighted by atomic mass is 10.0. The molecule has 0 radical (unpaired) electrons. The van der Waals surface area contributed by atoms with Crippen LogP contribution in [0.3, 0.4) is 0 Å². The minimum atomic E-state index is -0.809. The summed E-state index contributed by atoms with van der Waals surface area (Å²) >= 11 is 0. The quantitative estimate of drug-likeness (QED) is 0.869. The number of nitrogens with zero attached hydrogens (tertiary/aromatic N) is 1. The molecular formula is C15H22F2N2O. The molecule has 1 aromatic rings. The molecule has 2 N–H and O–H groups in total. The average Bonchev–Trinajstić information content (AvgIpc) is 2.44. The fourth-order valence-corrected chi connectivity index (χ4v) is 2.79. The van der Waals surface area contributed by atoms with E-state index in [1.54, 1.807) is 13.1 Å². The first-order valence-corrected chi connectivity index (χ1v) is 7.13. The van der Waals surface area contributed by atoms with Crippen molar-refractivity contribution in [1.82, 2.24) is 10.2 Å². The van der Waals surface area contributed by atoms with Crippen LogP contribution >= 0.6 is 0 Å². The van der Waals surface area contributed by atoms with E-state index in [1.165, 1.54) is 6.07 Å². The SMILES string of the molecule is CNC(CCN1CCCC(O)C1)c1cccc(F)c1F. The maximum Gasteiger partial charge on any atom is 0.163 e. The zero-order chi connectivity index (χ0) is 14.5. The number of piperidine rings is 1. The summed E-state index contributed by atoms with van der Waals surface area (Å²) in [7, 11) is 1.75. The van der Waals surface area contributed by atoms with Crippen LogP contribution in [0.2, 0.25) is 0 Å². The molecule has 1 heterocycles. The van der Waals surface area contributed by atoms with E-state index in [-0.39, 0.29) is 12.1 Å². The fourth-order valence-electron chi connectivity index (χ4n) is 2.79. The van der Waals surface area contributed by atoms with E-state index >= 15 is 0 Å².